The maximum atomic E-state index is 13.1. The molecule has 1 unspecified atom stereocenters. The van der Waals surface area contributed by atoms with E-state index in [0.717, 1.165) is 41.7 Å². The first kappa shape index (κ1) is 20.7. The summed E-state index contributed by atoms with van der Waals surface area (Å²) in [6.45, 7) is 11.1. The summed E-state index contributed by atoms with van der Waals surface area (Å²) in [5.41, 5.74) is 0.914. The molecule has 0 aromatic carbocycles. The van der Waals surface area contributed by atoms with Crippen LogP contribution in [0.1, 0.15) is 51.7 Å². The average Bonchev–Trinajstić information content (AvgIpc) is 3.29. The summed E-state index contributed by atoms with van der Waals surface area (Å²) >= 11 is 1.47. The lowest BCUT2D eigenvalue weighted by molar-refractivity contribution is -0.133. The van der Waals surface area contributed by atoms with Gasteiger partial charge in [-0.3, -0.25) is 9.36 Å². The minimum Gasteiger partial charge on any atom is -0.469 e. The number of furan rings is 1. The third-order valence-electron chi connectivity index (χ3n) is 5.40. The van der Waals surface area contributed by atoms with Gasteiger partial charge in [-0.1, -0.05) is 37.1 Å². The van der Waals surface area contributed by atoms with E-state index in [2.05, 4.69) is 28.6 Å². The molecule has 152 valence electrons. The molecule has 1 atom stereocenters. The van der Waals surface area contributed by atoms with Crippen LogP contribution in [0.3, 0.4) is 0 Å². The Bertz CT molecular complexity index is 807. The van der Waals surface area contributed by atoms with Crippen LogP contribution in [-0.2, 0) is 11.3 Å². The van der Waals surface area contributed by atoms with Crippen LogP contribution in [0.4, 0.5) is 0 Å². The summed E-state index contributed by atoms with van der Waals surface area (Å²) in [5.74, 6) is 1.73. The first-order valence-electron chi connectivity index (χ1n) is 10.1. The predicted octanol–water partition coefficient (Wildman–Crippen LogP) is 4.69. The standard InChI is InChI=1S/C21H30N4O2S/c1-5-13-25-19(18-12-14-27-15(18)3)22-23-21(25)28-16(4)20(26)24(6-2)17-10-8-7-9-11-17/h5,12,14,16-17H,1,6-11,13H2,2-4H3. The monoisotopic (exact) mass is 402 g/mol. The molecule has 2 heterocycles. The molecule has 1 amide bonds. The number of aryl methyl sites for hydroxylation is 1. The number of carbonyl (C=O) groups excluding carboxylic acids is 1. The summed E-state index contributed by atoms with van der Waals surface area (Å²) in [6, 6.07) is 2.27. The van der Waals surface area contributed by atoms with E-state index in [0.29, 0.717) is 12.6 Å². The van der Waals surface area contributed by atoms with Gasteiger partial charge < -0.3 is 9.32 Å². The van der Waals surface area contributed by atoms with Crippen molar-refractivity contribution in [2.24, 2.45) is 0 Å². The molecule has 6 nitrogen and oxygen atoms in total. The van der Waals surface area contributed by atoms with Crippen LogP contribution >= 0.6 is 11.8 Å². The lowest BCUT2D eigenvalue weighted by Gasteiger charge is -2.35. The molecule has 0 aliphatic heterocycles. The Hall–Kier alpha value is -2.02. The molecule has 1 aliphatic rings. The van der Waals surface area contributed by atoms with Crippen molar-refractivity contribution in [2.75, 3.05) is 6.54 Å². The number of amides is 1. The zero-order valence-electron chi connectivity index (χ0n) is 17.1. The maximum Gasteiger partial charge on any atom is 0.236 e. The molecule has 2 aromatic rings. The highest BCUT2D eigenvalue weighted by Gasteiger charge is 2.29. The van der Waals surface area contributed by atoms with Crippen LogP contribution in [0, 0.1) is 6.92 Å². The van der Waals surface area contributed by atoms with E-state index in [-0.39, 0.29) is 11.2 Å². The highest BCUT2D eigenvalue weighted by molar-refractivity contribution is 8.00. The predicted molar refractivity (Wildman–Crippen MR) is 112 cm³/mol. The van der Waals surface area contributed by atoms with E-state index in [1.165, 1.54) is 31.0 Å². The van der Waals surface area contributed by atoms with E-state index in [1.807, 2.05) is 30.6 Å². The second-order valence-electron chi connectivity index (χ2n) is 7.27. The number of hydrogen-bond donors (Lipinski definition) is 0. The van der Waals surface area contributed by atoms with Crippen molar-refractivity contribution in [2.45, 2.75) is 75.9 Å². The van der Waals surface area contributed by atoms with Crippen LogP contribution in [0.2, 0.25) is 0 Å². The number of rotatable bonds is 8. The van der Waals surface area contributed by atoms with Crippen molar-refractivity contribution in [1.82, 2.24) is 19.7 Å². The Balaban J connectivity index is 1.78. The molecule has 28 heavy (non-hydrogen) atoms. The summed E-state index contributed by atoms with van der Waals surface area (Å²) in [6.07, 6.45) is 9.43. The average molecular weight is 403 g/mol. The Morgan fingerprint density at radius 1 is 1.43 bits per heavy atom. The minimum absolute atomic E-state index is 0.189. The molecule has 1 saturated carbocycles. The molecule has 2 aromatic heterocycles. The van der Waals surface area contributed by atoms with Gasteiger partial charge in [0.25, 0.3) is 0 Å². The Kier molecular flexibility index (Phi) is 6.99. The van der Waals surface area contributed by atoms with Gasteiger partial charge in [0.2, 0.25) is 5.91 Å². The lowest BCUT2D eigenvalue weighted by atomic mass is 9.94. The van der Waals surface area contributed by atoms with Gasteiger partial charge in [0.15, 0.2) is 11.0 Å². The largest absolute Gasteiger partial charge is 0.469 e. The SMILES string of the molecule is C=CCn1c(SC(C)C(=O)N(CC)C2CCCCC2)nnc1-c1ccoc1C. The van der Waals surface area contributed by atoms with E-state index >= 15 is 0 Å². The van der Waals surface area contributed by atoms with E-state index in [9.17, 15) is 4.79 Å². The van der Waals surface area contributed by atoms with Gasteiger partial charge in [-0.05, 0) is 39.7 Å². The fraction of sp³-hybridized carbons (Fsp3) is 0.571. The zero-order chi connectivity index (χ0) is 20.1. The Morgan fingerprint density at radius 3 is 2.79 bits per heavy atom. The fourth-order valence-electron chi connectivity index (χ4n) is 3.91. The molecule has 0 N–H and O–H groups in total. The quantitative estimate of drug-likeness (QED) is 0.473. The summed E-state index contributed by atoms with van der Waals surface area (Å²) in [7, 11) is 0. The smallest absolute Gasteiger partial charge is 0.236 e. The van der Waals surface area contributed by atoms with E-state index in [1.54, 1.807) is 6.26 Å². The van der Waals surface area contributed by atoms with Crippen LogP contribution in [0.15, 0.2) is 34.6 Å². The minimum atomic E-state index is -0.215. The number of carbonyl (C=O) groups is 1. The van der Waals surface area contributed by atoms with Gasteiger partial charge in [-0.2, -0.15) is 0 Å². The Labute approximate surface area is 171 Å². The first-order valence-corrected chi connectivity index (χ1v) is 11.0. The van der Waals surface area contributed by atoms with E-state index < -0.39 is 0 Å². The molecular weight excluding hydrogens is 372 g/mol. The lowest BCUT2D eigenvalue weighted by Crippen LogP contribution is -2.44. The van der Waals surface area contributed by atoms with Gasteiger partial charge in [0.1, 0.15) is 5.76 Å². The topological polar surface area (TPSA) is 64.2 Å². The Morgan fingerprint density at radius 2 is 2.18 bits per heavy atom. The third kappa shape index (κ3) is 4.35. The first-order chi connectivity index (χ1) is 13.6. The number of allylic oxidation sites excluding steroid dienone is 1. The van der Waals surface area contributed by atoms with Crippen LogP contribution in [-0.4, -0.2) is 43.4 Å². The zero-order valence-corrected chi connectivity index (χ0v) is 17.9. The second kappa shape index (κ2) is 9.45. The molecular formula is C21H30N4O2S. The maximum absolute atomic E-state index is 13.1. The number of thioether (sulfide) groups is 1. The molecule has 0 saturated heterocycles. The molecule has 1 fully saturated rings. The third-order valence-corrected chi connectivity index (χ3v) is 6.47. The number of nitrogens with zero attached hydrogens (tertiary/aromatic N) is 4. The summed E-state index contributed by atoms with van der Waals surface area (Å²) in [4.78, 5) is 15.2. The van der Waals surface area contributed by atoms with Crippen molar-refractivity contribution < 1.29 is 9.21 Å². The summed E-state index contributed by atoms with van der Waals surface area (Å²) < 4.78 is 7.42. The number of aromatic nitrogens is 3. The van der Waals surface area contributed by atoms with Crippen molar-refractivity contribution in [1.29, 1.82) is 0 Å². The van der Waals surface area contributed by atoms with Crippen molar-refractivity contribution in [3.63, 3.8) is 0 Å². The van der Waals surface area contributed by atoms with Crippen molar-refractivity contribution in [3.05, 3.63) is 30.7 Å². The molecule has 7 heteroatoms. The second-order valence-corrected chi connectivity index (χ2v) is 8.58. The fourth-order valence-corrected chi connectivity index (χ4v) is 4.84. The van der Waals surface area contributed by atoms with Gasteiger partial charge >= 0.3 is 0 Å². The number of hydrogen-bond acceptors (Lipinski definition) is 5. The van der Waals surface area contributed by atoms with Gasteiger partial charge in [0.05, 0.1) is 17.1 Å². The van der Waals surface area contributed by atoms with Gasteiger partial charge in [-0.15, -0.1) is 16.8 Å². The van der Waals surface area contributed by atoms with Gasteiger partial charge in [-0.25, -0.2) is 0 Å². The van der Waals surface area contributed by atoms with Crippen molar-refractivity contribution >= 4 is 17.7 Å². The van der Waals surface area contributed by atoms with Crippen LogP contribution < -0.4 is 0 Å². The highest BCUT2D eigenvalue weighted by Crippen LogP contribution is 2.31. The normalized spacial score (nSPS) is 16.1. The van der Waals surface area contributed by atoms with E-state index in [4.69, 9.17) is 4.42 Å². The van der Waals surface area contributed by atoms with Gasteiger partial charge in [0, 0.05) is 19.1 Å². The van der Waals surface area contributed by atoms with Crippen LogP contribution in [0.25, 0.3) is 11.4 Å². The van der Waals surface area contributed by atoms with Crippen molar-refractivity contribution in [3.8, 4) is 11.4 Å². The molecule has 1 aliphatic carbocycles. The summed E-state index contributed by atoms with van der Waals surface area (Å²) in [5, 5.41) is 9.25. The molecule has 0 spiro atoms. The molecule has 3 rings (SSSR count). The molecule has 0 bridgehead atoms. The van der Waals surface area contributed by atoms with Crippen LogP contribution in [0.5, 0.6) is 0 Å². The molecule has 0 radical (unpaired) electrons. The highest BCUT2D eigenvalue weighted by atomic mass is 32.2.